The Bertz CT molecular complexity index is 661. The van der Waals surface area contributed by atoms with E-state index in [0.29, 0.717) is 17.8 Å². The van der Waals surface area contributed by atoms with Crippen LogP contribution in [0.25, 0.3) is 10.9 Å². The molecule has 6 heteroatoms. The molecule has 21 heavy (non-hydrogen) atoms. The molecule has 0 aliphatic rings. The number of nitrogens with one attached hydrogen (secondary N) is 3. The summed E-state index contributed by atoms with van der Waals surface area (Å²) in [7, 11) is 0. The Hall–Kier alpha value is -2.50. The van der Waals surface area contributed by atoms with Gasteiger partial charge in [-0.15, -0.1) is 0 Å². The normalized spacial score (nSPS) is 10.8. The summed E-state index contributed by atoms with van der Waals surface area (Å²) in [5.74, 6) is -0.277. The molecule has 0 fully saturated rings. The molecular weight excluding hydrogens is 268 g/mol. The summed E-state index contributed by atoms with van der Waals surface area (Å²) in [6.45, 7) is 4.10. The Morgan fingerprint density at radius 2 is 2.10 bits per heavy atom. The fraction of sp³-hybridized carbons (Fsp3) is 0.333. The molecule has 2 rings (SSSR count). The average molecular weight is 288 g/mol. The number of fused-ring (bicyclic) bond motifs is 1. The lowest BCUT2D eigenvalue weighted by Crippen LogP contribution is -2.34. The summed E-state index contributed by atoms with van der Waals surface area (Å²) >= 11 is 0. The van der Waals surface area contributed by atoms with Crippen LogP contribution in [0.4, 0.5) is 5.69 Å². The van der Waals surface area contributed by atoms with Gasteiger partial charge in [-0.1, -0.05) is 0 Å². The molecule has 1 heterocycles. The number of hydrogen-bond donors (Lipinski definition) is 4. The number of hydrogen-bond acceptors (Lipinski definition) is 3. The van der Waals surface area contributed by atoms with Crippen molar-refractivity contribution in [3.05, 3.63) is 30.0 Å². The molecule has 0 spiro atoms. The third-order valence-corrected chi connectivity index (χ3v) is 3.04. The van der Waals surface area contributed by atoms with Crippen LogP contribution in [0.5, 0.6) is 0 Å². The molecule has 2 aromatic rings. The van der Waals surface area contributed by atoms with Crippen molar-refractivity contribution in [3.8, 4) is 0 Å². The molecule has 112 valence electrons. The van der Waals surface area contributed by atoms with Crippen LogP contribution in [-0.2, 0) is 4.79 Å². The summed E-state index contributed by atoms with van der Waals surface area (Å²) in [4.78, 5) is 26.6. The van der Waals surface area contributed by atoms with Gasteiger partial charge in [0.1, 0.15) is 0 Å². The van der Waals surface area contributed by atoms with E-state index >= 15 is 0 Å². The predicted octanol–water partition coefficient (Wildman–Crippen LogP) is 1.39. The largest absolute Gasteiger partial charge is 0.399 e. The summed E-state index contributed by atoms with van der Waals surface area (Å²) in [5, 5.41) is 6.34. The van der Waals surface area contributed by atoms with Crippen LogP contribution in [0.2, 0.25) is 0 Å². The third-order valence-electron chi connectivity index (χ3n) is 3.04. The quantitative estimate of drug-likeness (QED) is 0.626. The van der Waals surface area contributed by atoms with Crippen molar-refractivity contribution in [3.63, 3.8) is 0 Å². The van der Waals surface area contributed by atoms with Gasteiger partial charge in [0.15, 0.2) is 0 Å². The highest BCUT2D eigenvalue weighted by Gasteiger charge is 2.12. The Balaban J connectivity index is 1.95. The summed E-state index contributed by atoms with van der Waals surface area (Å²) < 4.78 is 0. The molecule has 0 aliphatic carbocycles. The zero-order valence-corrected chi connectivity index (χ0v) is 12.2. The molecule has 1 aromatic carbocycles. The second kappa shape index (κ2) is 6.30. The van der Waals surface area contributed by atoms with Gasteiger partial charge in [0.2, 0.25) is 5.91 Å². The molecule has 2 amide bonds. The van der Waals surface area contributed by atoms with Crippen molar-refractivity contribution >= 4 is 28.4 Å². The van der Waals surface area contributed by atoms with Crippen molar-refractivity contribution in [1.82, 2.24) is 15.6 Å². The Kier molecular flexibility index (Phi) is 4.47. The monoisotopic (exact) mass is 288 g/mol. The molecule has 0 saturated carbocycles. The van der Waals surface area contributed by atoms with Crippen LogP contribution in [0.1, 0.15) is 30.6 Å². The SMILES string of the molecule is CC(C)NC(=O)CCNC(=O)c1c[nH]c2cc(N)ccc12. The number of anilines is 1. The minimum absolute atomic E-state index is 0.0722. The van der Waals surface area contributed by atoms with Gasteiger partial charge in [-0.3, -0.25) is 9.59 Å². The molecule has 0 atom stereocenters. The van der Waals surface area contributed by atoms with E-state index in [4.69, 9.17) is 5.73 Å². The standard InChI is InChI=1S/C15H20N4O2/c1-9(2)19-14(20)5-6-17-15(21)12-8-18-13-7-10(16)3-4-11(12)13/h3-4,7-9,18H,5-6,16H2,1-2H3,(H,17,21)(H,19,20). The van der Waals surface area contributed by atoms with Crippen molar-refractivity contribution < 1.29 is 9.59 Å². The number of carbonyl (C=O) groups excluding carboxylic acids is 2. The van der Waals surface area contributed by atoms with Gasteiger partial charge in [-0.05, 0) is 32.0 Å². The Morgan fingerprint density at radius 3 is 2.81 bits per heavy atom. The van der Waals surface area contributed by atoms with E-state index in [2.05, 4.69) is 15.6 Å². The fourth-order valence-corrected chi connectivity index (χ4v) is 2.11. The summed E-state index contributed by atoms with van der Waals surface area (Å²) in [6, 6.07) is 5.44. The maximum Gasteiger partial charge on any atom is 0.253 e. The van der Waals surface area contributed by atoms with Gasteiger partial charge in [0, 0.05) is 41.8 Å². The molecule has 0 radical (unpaired) electrons. The maximum atomic E-state index is 12.1. The number of nitrogen functional groups attached to an aromatic ring is 1. The first kappa shape index (κ1) is 14.9. The van der Waals surface area contributed by atoms with Crippen molar-refractivity contribution in [2.45, 2.75) is 26.3 Å². The van der Waals surface area contributed by atoms with Crippen LogP contribution in [0.15, 0.2) is 24.4 Å². The van der Waals surface area contributed by atoms with Crippen LogP contribution >= 0.6 is 0 Å². The van der Waals surface area contributed by atoms with Crippen LogP contribution in [0.3, 0.4) is 0 Å². The molecule has 0 saturated heterocycles. The Morgan fingerprint density at radius 1 is 1.33 bits per heavy atom. The highest BCUT2D eigenvalue weighted by atomic mass is 16.2. The van der Waals surface area contributed by atoms with E-state index in [1.807, 2.05) is 19.9 Å². The van der Waals surface area contributed by atoms with Gasteiger partial charge in [0.25, 0.3) is 5.91 Å². The fourth-order valence-electron chi connectivity index (χ4n) is 2.11. The Labute approximate surface area is 123 Å². The van der Waals surface area contributed by atoms with Crippen LogP contribution in [0, 0.1) is 0 Å². The number of H-pyrrole nitrogens is 1. The number of nitrogens with two attached hydrogens (primary N) is 1. The maximum absolute atomic E-state index is 12.1. The van der Waals surface area contributed by atoms with Gasteiger partial charge < -0.3 is 21.4 Å². The lowest BCUT2D eigenvalue weighted by atomic mass is 10.1. The van der Waals surface area contributed by atoms with Crippen LogP contribution < -0.4 is 16.4 Å². The number of benzene rings is 1. The average Bonchev–Trinajstić information content (AvgIpc) is 2.80. The third kappa shape index (κ3) is 3.75. The van der Waals surface area contributed by atoms with E-state index < -0.39 is 0 Å². The lowest BCUT2D eigenvalue weighted by molar-refractivity contribution is -0.121. The number of aromatic nitrogens is 1. The van der Waals surface area contributed by atoms with E-state index in [1.54, 1.807) is 18.3 Å². The molecule has 1 aromatic heterocycles. The zero-order chi connectivity index (χ0) is 15.4. The highest BCUT2D eigenvalue weighted by molar-refractivity contribution is 6.07. The molecule has 5 N–H and O–H groups in total. The van der Waals surface area contributed by atoms with Crippen molar-refractivity contribution in [2.24, 2.45) is 0 Å². The smallest absolute Gasteiger partial charge is 0.253 e. The number of carbonyl (C=O) groups is 2. The summed E-state index contributed by atoms with van der Waals surface area (Å²) in [6.07, 6.45) is 1.91. The first-order chi connectivity index (χ1) is 9.97. The lowest BCUT2D eigenvalue weighted by Gasteiger charge is -2.08. The number of amides is 2. The first-order valence-corrected chi connectivity index (χ1v) is 6.91. The second-order valence-corrected chi connectivity index (χ2v) is 5.24. The zero-order valence-electron chi connectivity index (χ0n) is 12.2. The molecule has 0 unspecified atom stereocenters. The van der Waals surface area contributed by atoms with E-state index in [0.717, 1.165) is 10.9 Å². The molecule has 6 nitrogen and oxygen atoms in total. The van der Waals surface area contributed by atoms with Gasteiger partial charge >= 0.3 is 0 Å². The van der Waals surface area contributed by atoms with Gasteiger partial charge in [-0.2, -0.15) is 0 Å². The minimum atomic E-state index is -0.205. The summed E-state index contributed by atoms with van der Waals surface area (Å²) in [5.41, 5.74) is 7.71. The van der Waals surface area contributed by atoms with E-state index in [-0.39, 0.29) is 24.3 Å². The van der Waals surface area contributed by atoms with Crippen LogP contribution in [-0.4, -0.2) is 29.4 Å². The highest BCUT2D eigenvalue weighted by Crippen LogP contribution is 2.20. The first-order valence-electron chi connectivity index (χ1n) is 6.91. The van der Waals surface area contributed by atoms with Gasteiger partial charge in [-0.25, -0.2) is 0 Å². The topological polar surface area (TPSA) is 100 Å². The van der Waals surface area contributed by atoms with E-state index in [9.17, 15) is 9.59 Å². The predicted molar refractivity (Wildman–Crippen MR) is 82.9 cm³/mol. The van der Waals surface area contributed by atoms with E-state index in [1.165, 1.54) is 0 Å². The van der Waals surface area contributed by atoms with Crippen molar-refractivity contribution in [1.29, 1.82) is 0 Å². The molecule has 0 bridgehead atoms. The molecule has 0 aliphatic heterocycles. The van der Waals surface area contributed by atoms with Crippen molar-refractivity contribution in [2.75, 3.05) is 12.3 Å². The second-order valence-electron chi connectivity index (χ2n) is 5.24. The molecular formula is C15H20N4O2. The number of rotatable bonds is 5. The minimum Gasteiger partial charge on any atom is -0.399 e. The number of aromatic amines is 1. The van der Waals surface area contributed by atoms with Gasteiger partial charge in [0.05, 0.1) is 5.56 Å².